The molecule has 0 aliphatic carbocycles. The standard InChI is InChI=1S/C14H17N3O3S/c1-4-15-12(18)9(2)21-14-17-16-13(20-14)10-5-7-11(19-3)8-6-10/h5-9H,4H2,1-3H3,(H,15,18)/t9-/m0/s1. The monoisotopic (exact) mass is 307 g/mol. The molecule has 7 heteroatoms. The van der Waals surface area contributed by atoms with Gasteiger partial charge in [0, 0.05) is 12.1 Å². The maximum absolute atomic E-state index is 11.7. The fraction of sp³-hybridized carbons (Fsp3) is 0.357. The third-order valence-electron chi connectivity index (χ3n) is 2.74. The Morgan fingerprint density at radius 1 is 1.38 bits per heavy atom. The fourth-order valence-corrected chi connectivity index (χ4v) is 2.34. The summed E-state index contributed by atoms with van der Waals surface area (Å²) in [7, 11) is 1.61. The highest BCUT2D eigenvalue weighted by molar-refractivity contribution is 8.00. The number of hydrogen-bond donors (Lipinski definition) is 1. The summed E-state index contributed by atoms with van der Waals surface area (Å²) in [6.45, 7) is 4.28. The van der Waals surface area contributed by atoms with Gasteiger partial charge >= 0.3 is 0 Å². The summed E-state index contributed by atoms with van der Waals surface area (Å²) in [5.74, 6) is 1.13. The van der Waals surface area contributed by atoms with Crippen LogP contribution in [0, 0.1) is 0 Å². The summed E-state index contributed by atoms with van der Waals surface area (Å²) < 4.78 is 10.7. The second-order valence-electron chi connectivity index (χ2n) is 4.26. The second-order valence-corrected chi connectivity index (χ2v) is 5.55. The van der Waals surface area contributed by atoms with Gasteiger partial charge in [0.2, 0.25) is 11.8 Å². The van der Waals surface area contributed by atoms with Crippen molar-refractivity contribution in [2.75, 3.05) is 13.7 Å². The van der Waals surface area contributed by atoms with E-state index >= 15 is 0 Å². The minimum atomic E-state index is -0.283. The van der Waals surface area contributed by atoms with Crippen molar-refractivity contribution in [3.63, 3.8) is 0 Å². The van der Waals surface area contributed by atoms with Crippen LogP contribution in [0.25, 0.3) is 11.5 Å². The zero-order valence-corrected chi connectivity index (χ0v) is 12.9. The van der Waals surface area contributed by atoms with E-state index in [9.17, 15) is 4.79 Å². The predicted octanol–water partition coefficient (Wildman–Crippen LogP) is 2.36. The van der Waals surface area contributed by atoms with Gasteiger partial charge in [0.15, 0.2) is 0 Å². The van der Waals surface area contributed by atoms with Crippen LogP contribution in [0.3, 0.4) is 0 Å². The van der Waals surface area contributed by atoms with Crippen molar-refractivity contribution in [2.45, 2.75) is 24.3 Å². The molecular formula is C14H17N3O3S. The Morgan fingerprint density at radius 3 is 2.71 bits per heavy atom. The normalized spacial score (nSPS) is 12.0. The molecule has 0 saturated heterocycles. The summed E-state index contributed by atoms with van der Waals surface area (Å²) >= 11 is 1.24. The average Bonchev–Trinajstić information content (AvgIpc) is 2.96. The van der Waals surface area contributed by atoms with E-state index in [4.69, 9.17) is 9.15 Å². The van der Waals surface area contributed by atoms with Gasteiger partial charge in [0.05, 0.1) is 12.4 Å². The number of rotatable bonds is 6. The van der Waals surface area contributed by atoms with Crippen molar-refractivity contribution >= 4 is 17.7 Å². The van der Waals surface area contributed by atoms with E-state index in [0.717, 1.165) is 11.3 Å². The van der Waals surface area contributed by atoms with Crippen LogP contribution >= 0.6 is 11.8 Å². The van der Waals surface area contributed by atoms with Crippen molar-refractivity contribution in [1.82, 2.24) is 15.5 Å². The van der Waals surface area contributed by atoms with Crippen molar-refractivity contribution in [3.05, 3.63) is 24.3 Å². The molecule has 1 heterocycles. The smallest absolute Gasteiger partial charge is 0.277 e. The van der Waals surface area contributed by atoms with Crippen LogP contribution in [-0.4, -0.2) is 35.0 Å². The SMILES string of the molecule is CCNC(=O)[C@H](C)Sc1nnc(-c2ccc(OC)cc2)o1. The molecule has 21 heavy (non-hydrogen) atoms. The van der Waals surface area contributed by atoms with E-state index in [-0.39, 0.29) is 11.2 Å². The van der Waals surface area contributed by atoms with E-state index in [1.165, 1.54) is 11.8 Å². The summed E-state index contributed by atoms with van der Waals surface area (Å²) in [6.07, 6.45) is 0. The first-order valence-electron chi connectivity index (χ1n) is 6.56. The van der Waals surface area contributed by atoms with Crippen LogP contribution in [0.5, 0.6) is 5.75 Å². The van der Waals surface area contributed by atoms with Gasteiger partial charge in [0.25, 0.3) is 5.22 Å². The van der Waals surface area contributed by atoms with Gasteiger partial charge in [-0.2, -0.15) is 0 Å². The maximum atomic E-state index is 11.7. The quantitative estimate of drug-likeness (QED) is 0.826. The molecule has 1 N–H and O–H groups in total. The van der Waals surface area contributed by atoms with E-state index in [1.807, 2.05) is 31.2 Å². The average molecular weight is 307 g/mol. The van der Waals surface area contributed by atoms with E-state index in [2.05, 4.69) is 15.5 Å². The number of methoxy groups -OCH3 is 1. The van der Waals surface area contributed by atoms with Crippen molar-refractivity contribution in [2.24, 2.45) is 0 Å². The van der Waals surface area contributed by atoms with E-state index in [0.29, 0.717) is 17.7 Å². The largest absolute Gasteiger partial charge is 0.497 e. The van der Waals surface area contributed by atoms with Crippen molar-refractivity contribution in [1.29, 1.82) is 0 Å². The minimum Gasteiger partial charge on any atom is -0.497 e. The van der Waals surface area contributed by atoms with Gasteiger partial charge in [-0.15, -0.1) is 10.2 Å². The highest BCUT2D eigenvalue weighted by Gasteiger charge is 2.18. The summed E-state index contributed by atoms with van der Waals surface area (Å²) in [5.41, 5.74) is 0.806. The Bertz CT molecular complexity index is 598. The molecule has 112 valence electrons. The third kappa shape index (κ3) is 3.98. The number of hydrogen-bond acceptors (Lipinski definition) is 6. The van der Waals surface area contributed by atoms with E-state index < -0.39 is 0 Å². The number of nitrogens with one attached hydrogen (secondary N) is 1. The molecule has 0 spiro atoms. The number of nitrogens with zero attached hydrogens (tertiary/aromatic N) is 2. The first kappa shape index (κ1) is 15.4. The minimum absolute atomic E-state index is 0.0494. The molecule has 1 atom stereocenters. The zero-order valence-electron chi connectivity index (χ0n) is 12.1. The van der Waals surface area contributed by atoms with Gasteiger partial charge in [-0.1, -0.05) is 11.8 Å². The number of aromatic nitrogens is 2. The van der Waals surface area contributed by atoms with Crippen LogP contribution in [0.15, 0.2) is 33.9 Å². The molecule has 0 unspecified atom stereocenters. The molecule has 0 fully saturated rings. The number of thioether (sulfide) groups is 1. The molecule has 0 radical (unpaired) electrons. The van der Waals surface area contributed by atoms with Crippen LogP contribution in [0.4, 0.5) is 0 Å². The topological polar surface area (TPSA) is 77.2 Å². The first-order chi connectivity index (χ1) is 10.1. The van der Waals surface area contributed by atoms with Gasteiger partial charge < -0.3 is 14.5 Å². The van der Waals surface area contributed by atoms with Crippen molar-refractivity contribution < 1.29 is 13.9 Å². The lowest BCUT2D eigenvalue weighted by atomic mass is 10.2. The van der Waals surface area contributed by atoms with Crippen molar-refractivity contribution in [3.8, 4) is 17.2 Å². The Balaban J connectivity index is 2.05. The number of ether oxygens (including phenoxy) is 1. The van der Waals surface area contributed by atoms with Crippen LogP contribution in [0.2, 0.25) is 0 Å². The van der Waals surface area contributed by atoms with Gasteiger partial charge in [-0.25, -0.2) is 0 Å². The summed E-state index contributed by atoms with van der Waals surface area (Å²) in [4.78, 5) is 11.7. The number of benzene rings is 1. The van der Waals surface area contributed by atoms with Gasteiger partial charge in [-0.3, -0.25) is 4.79 Å². The molecule has 1 amide bonds. The molecule has 2 rings (SSSR count). The summed E-state index contributed by atoms with van der Waals surface area (Å²) in [5, 5.41) is 10.8. The molecule has 1 aromatic carbocycles. The van der Waals surface area contributed by atoms with E-state index in [1.54, 1.807) is 14.0 Å². The highest BCUT2D eigenvalue weighted by atomic mass is 32.2. The highest BCUT2D eigenvalue weighted by Crippen LogP contribution is 2.27. The number of carbonyl (C=O) groups excluding carboxylic acids is 1. The molecule has 0 aliphatic heterocycles. The van der Waals surface area contributed by atoms with Crippen LogP contribution in [0.1, 0.15) is 13.8 Å². The third-order valence-corrected chi connectivity index (χ3v) is 3.68. The number of amides is 1. The second kappa shape index (κ2) is 7.12. The molecule has 0 saturated carbocycles. The molecule has 0 aliphatic rings. The molecular weight excluding hydrogens is 290 g/mol. The van der Waals surface area contributed by atoms with Crippen LogP contribution in [-0.2, 0) is 4.79 Å². The Morgan fingerprint density at radius 2 is 2.10 bits per heavy atom. The molecule has 6 nitrogen and oxygen atoms in total. The fourth-order valence-electron chi connectivity index (χ4n) is 1.63. The zero-order chi connectivity index (χ0) is 15.2. The Labute approximate surface area is 127 Å². The molecule has 0 bridgehead atoms. The lowest BCUT2D eigenvalue weighted by Gasteiger charge is -2.07. The maximum Gasteiger partial charge on any atom is 0.277 e. The lowest BCUT2D eigenvalue weighted by molar-refractivity contribution is -0.120. The van der Waals surface area contributed by atoms with Crippen LogP contribution < -0.4 is 10.1 Å². The van der Waals surface area contributed by atoms with Gasteiger partial charge in [-0.05, 0) is 38.1 Å². The lowest BCUT2D eigenvalue weighted by Crippen LogP contribution is -2.30. The first-order valence-corrected chi connectivity index (χ1v) is 7.44. The number of carbonyl (C=O) groups is 1. The summed E-state index contributed by atoms with van der Waals surface area (Å²) in [6, 6.07) is 7.33. The molecule has 1 aromatic heterocycles. The van der Waals surface area contributed by atoms with Gasteiger partial charge in [0.1, 0.15) is 5.75 Å². The Hall–Kier alpha value is -2.02. The Kier molecular flexibility index (Phi) is 5.21. The predicted molar refractivity (Wildman–Crippen MR) is 80.3 cm³/mol. The molecule has 2 aromatic rings.